The van der Waals surface area contributed by atoms with Crippen LogP contribution in [0.15, 0.2) is 29.8 Å². The van der Waals surface area contributed by atoms with Gasteiger partial charge in [0.2, 0.25) is 11.8 Å². The molecule has 12 heteroatoms. The molecule has 2 saturated heterocycles. The molecule has 4 aliphatic rings. The van der Waals surface area contributed by atoms with Crippen LogP contribution >= 0.6 is 39.1 Å². The minimum Gasteiger partial charge on any atom is -0.507 e. The van der Waals surface area contributed by atoms with Crippen LogP contribution in [0.1, 0.15) is 55.6 Å². The van der Waals surface area contributed by atoms with Gasteiger partial charge in [-0.1, -0.05) is 52.2 Å². The van der Waals surface area contributed by atoms with Crippen molar-refractivity contribution in [3.05, 3.63) is 41.0 Å². The van der Waals surface area contributed by atoms with Crippen molar-refractivity contribution in [3.8, 4) is 5.75 Å². The van der Waals surface area contributed by atoms with Crippen LogP contribution in [0.5, 0.6) is 5.75 Å². The summed E-state index contributed by atoms with van der Waals surface area (Å²) in [6.45, 7) is 1.88. The average molecular weight is 656 g/mol. The Kier molecular flexibility index (Phi) is 7.59. The number of halogens is 3. The van der Waals surface area contributed by atoms with Crippen molar-refractivity contribution in [2.24, 2.45) is 17.8 Å². The van der Waals surface area contributed by atoms with E-state index < -0.39 is 51.2 Å². The van der Waals surface area contributed by atoms with Gasteiger partial charge in [0.15, 0.2) is 9.75 Å². The van der Waals surface area contributed by atoms with Crippen LogP contribution in [0.2, 0.25) is 0 Å². The minimum atomic E-state index is -1.96. The van der Waals surface area contributed by atoms with E-state index in [9.17, 15) is 29.1 Å². The van der Waals surface area contributed by atoms with Crippen molar-refractivity contribution >= 4 is 68.7 Å². The second kappa shape index (κ2) is 10.4. The molecule has 214 valence electrons. The molecule has 0 bridgehead atoms. The molecule has 0 unspecified atom stereocenters. The van der Waals surface area contributed by atoms with Crippen LogP contribution < -0.4 is 0 Å². The number of carbonyl (C=O) groups is 5. The van der Waals surface area contributed by atoms with Crippen LogP contribution in [-0.2, 0) is 24.0 Å². The molecule has 2 aliphatic carbocycles. The maximum absolute atomic E-state index is 13.8. The third-order valence-electron chi connectivity index (χ3n) is 8.96. The highest BCUT2D eigenvalue weighted by Gasteiger charge is 2.76. The molecule has 0 spiro atoms. The van der Waals surface area contributed by atoms with Crippen molar-refractivity contribution in [1.29, 1.82) is 0 Å². The number of hydrogen-bond acceptors (Lipinski definition) is 6. The zero-order valence-electron chi connectivity index (χ0n) is 21.7. The molecule has 6 atom stereocenters. The van der Waals surface area contributed by atoms with Gasteiger partial charge >= 0.3 is 5.97 Å². The number of carboxylic acids is 1. The molecule has 3 fully saturated rings. The molecule has 0 radical (unpaired) electrons. The highest BCUT2D eigenvalue weighted by molar-refractivity contribution is 9.09. The Hall–Kier alpha value is -2.43. The number of aryl methyl sites for hydroxylation is 1. The molecule has 1 saturated carbocycles. The first-order valence-electron chi connectivity index (χ1n) is 13.3. The first-order valence-corrected chi connectivity index (χ1v) is 15.1. The lowest BCUT2D eigenvalue weighted by atomic mass is 9.56. The number of hydrogen-bond donors (Lipinski definition) is 2. The van der Waals surface area contributed by atoms with Crippen LogP contribution in [0.25, 0.3) is 0 Å². The Balaban J connectivity index is 1.55. The fraction of sp³-hybridized carbons (Fsp3) is 0.536. The highest BCUT2D eigenvalue weighted by atomic mass is 79.9. The SMILES string of the molecule is Cc1cccc([C@H]2C3=CC[C@@H]4C(=O)N(CCCCCC(=O)O)C(=O)[C@@H]4[C@@H]3C[C@@]3(Cl)C(=O)N(CBr)C(=O)[C@@]23Cl)c1O. The Bertz CT molecular complexity index is 1350. The number of fused-ring (bicyclic) bond motifs is 4. The number of unbranched alkanes of at least 4 members (excludes halogenated alkanes) is 2. The van der Waals surface area contributed by atoms with Crippen molar-refractivity contribution in [2.45, 2.75) is 61.1 Å². The number of carbonyl (C=O) groups excluding carboxylic acids is 4. The lowest BCUT2D eigenvalue weighted by Crippen LogP contribution is -2.60. The molecule has 0 aromatic heterocycles. The predicted octanol–water partition coefficient (Wildman–Crippen LogP) is 4.06. The van der Waals surface area contributed by atoms with E-state index in [-0.39, 0.29) is 48.8 Å². The summed E-state index contributed by atoms with van der Waals surface area (Å²) in [6.07, 6.45) is 3.45. The fourth-order valence-corrected chi connectivity index (χ4v) is 8.44. The van der Waals surface area contributed by atoms with Crippen molar-refractivity contribution in [1.82, 2.24) is 9.80 Å². The third-order valence-corrected chi connectivity index (χ3v) is 10.9. The zero-order valence-corrected chi connectivity index (χ0v) is 24.8. The summed E-state index contributed by atoms with van der Waals surface area (Å²) in [5, 5.41) is 20.0. The number of para-hydroxylation sites is 1. The van der Waals surface area contributed by atoms with E-state index in [1.807, 2.05) is 6.08 Å². The van der Waals surface area contributed by atoms with Gasteiger partial charge in [-0.3, -0.25) is 33.8 Å². The summed E-state index contributed by atoms with van der Waals surface area (Å²) < 4.78 is 0. The van der Waals surface area contributed by atoms with Gasteiger partial charge in [-0.15, -0.1) is 23.2 Å². The number of likely N-dealkylation sites (tertiary alicyclic amines) is 2. The lowest BCUT2D eigenvalue weighted by molar-refractivity contribution is -0.141. The normalized spacial score (nSPS) is 33.1. The largest absolute Gasteiger partial charge is 0.507 e. The van der Waals surface area contributed by atoms with E-state index in [2.05, 4.69) is 15.9 Å². The summed E-state index contributed by atoms with van der Waals surface area (Å²) >= 11 is 17.5. The maximum atomic E-state index is 13.8. The van der Waals surface area contributed by atoms with Gasteiger partial charge in [-0.25, -0.2) is 0 Å². The van der Waals surface area contributed by atoms with Gasteiger partial charge in [0.05, 0.1) is 17.3 Å². The van der Waals surface area contributed by atoms with Crippen molar-refractivity contribution in [2.75, 3.05) is 12.0 Å². The summed E-state index contributed by atoms with van der Waals surface area (Å²) in [7, 11) is 0. The number of phenolic OH excluding ortho intramolecular Hbond substituents is 1. The second-order valence-electron chi connectivity index (χ2n) is 11.0. The van der Waals surface area contributed by atoms with Gasteiger partial charge < -0.3 is 10.2 Å². The molecule has 2 aliphatic heterocycles. The number of allylic oxidation sites excluding steroid dienone is 2. The monoisotopic (exact) mass is 654 g/mol. The maximum Gasteiger partial charge on any atom is 0.303 e. The molecule has 5 rings (SSSR count). The topological polar surface area (TPSA) is 132 Å². The number of nitrogens with zero attached hydrogens (tertiary/aromatic N) is 2. The Morgan fingerprint density at radius 3 is 2.45 bits per heavy atom. The van der Waals surface area contributed by atoms with Crippen LogP contribution in [0, 0.1) is 24.7 Å². The van der Waals surface area contributed by atoms with Crippen molar-refractivity contribution in [3.63, 3.8) is 0 Å². The molecule has 9 nitrogen and oxygen atoms in total. The fourth-order valence-electron chi connectivity index (χ4n) is 7.02. The number of alkyl halides is 3. The Labute approximate surface area is 249 Å². The summed E-state index contributed by atoms with van der Waals surface area (Å²) in [5.41, 5.74) is 1.38. The number of aromatic hydroxyl groups is 1. The molecule has 1 aromatic rings. The molecule has 1 aromatic carbocycles. The van der Waals surface area contributed by atoms with E-state index >= 15 is 0 Å². The number of rotatable bonds is 8. The van der Waals surface area contributed by atoms with Crippen LogP contribution in [0.3, 0.4) is 0 Å². The van der Waals surface area contributed by atoms with E-state index in [0.29, 0.717) is 36.0 Å². The van der Waals surface area contributed by atoms with Gasteiger partial charge in [0.25, 0.3) is 11.8 Å². The summed E-state index contributed by atoms with van der Waals surface area (Å²) in [6, 6.07) is 5.07. The number of aliphatic carboxylic acids is 1. The van der Waals surface area contributed by atoms with E-state index in [0.717, 1.165) is 4.90 Å². The minimum absolute atomic E-state index is 0.0197. The van der Waals surface area contributed by atoms with Gasteiger partial charge in [0.1, 0.15) is 5.75 Å². The molecule has 2 heterocycles. The smallest absolute Gasteiger partial charge is 0.303 e. The van der Waals surface area contributed by atoms with Crippen molar-refractivity contribution < 1.29 is 34.2 Å². The number of phenols is 1. The molecule has 4 amide bonds. The zero-order chi connectivity index (χ0) is 29.1. The second-order valence-corrected chi connectivity index (χ2v) is 12.8. The molecular formula is C28H29BrCl2N2O7. The highest BCUT2D eigenvalue weighted by Crippen LogP contribution is 2.66. The van der Waals surface area contributed by atoms with Crippen LogP contribution in [0.4, 0.5) is 0 Å². The summed E-state index contributed by atoms with van der Waals surface area (Å²) in [5.74, 6) is -6.13. The first kappa shape index (κ1) is 29.1. The number of imide groups is 2. The molecule has 40 heavy (non-hydrogen) atoms. The van der Waals surface area contributed by atoms with Gasteiger partial charge in [0, 0.05) is 24.4 Å². The average Bonchev–Trinajstić information content (AvgIpc) is 3.23. The van der Waals surface area contributed by atoms with E-state index in [1.54, 1.807) is 25.1 Å². The lowest BCUT2D eigenvalue weighted by Gasteiger charge is -2.50. The number of benzene rings is 1. The van der Waals surface area contributed by atoms with E-state index in [1.165, 1.54) is 4.90 Å². The Morgan fingerprint density at radius 2 is 1.77 bits per heavy atom. The van der Waals surface area contributed by atoms with Gasteiger partial charge in [-0.2, -0.15) is 0 Å². The Morgan fingerprint density at radius 1 is 1.05 bits per heavy atom. The third kappa shape index (κ3) is 4.04. The molecule has 2 N–H and O–H groups in total. The van der Waals surface area contributed by atoms with E-state index in [4.69, 9.17) is 28.3 Å². The quantitative estimate of drug-likeness (QED) is 0.142. The molecular weight excluding hydrogens is 627 g/mol. The number of carboxylic acid groups (broad SMARTS) is 1. The van der Waals surface area contributed by atoms with Gasteiger partial charge in [-0.05, 0) is 44.1 Å². The first-order chi connectivity index (χ1) is 18.9. The standard InChI is InChI=1S/C28H29BrCl2N2O7/c1-14-6-5-7-17(22(14)36)21-15-9-10-16-20(24(38)32(23(16)37)11-4-2-3-8-19(34)35)18(15)12-27(30)25(39)33(13-29)26(40)28(21,27)31/h5-7,9,16,18,20-21,36H,2-4,8,10-13H2,1H3,(H,34,35)/t16-,18+,20-,21+,27+,28-/m0/s1. The predicted molar refractivity (Wildman–Crippen MR) is 149 cm³/mol. The summed E-state index contributed by atoms with van der Waals surface area (Å²) in [4.78, 5) is 63.7. The number of amides is 4. The van der Waals surface area contributed by atoms with Crippen LogP contribution in [-0.4, -0.2) is 71.4 Å².